The first-order valence-electron chi connectivity index (χ1n) is 8.61. The number of amides is 1. The molecule has 4 heterocycles. The summed E-state index contributed by atoms with van der Waals surface area (Å²) in [4.78, 5) is 14.6. The maximum atomic E-state index is 12.6. The van der Waals surface area contributed by atoms with E-state index >= 15 is 0 Å². The van der Waals surface area contributed by atoms with Gasteiger partial charge in [-0.2, -0.15) is 0 Å². The summed E-state index contributed by atoms with van der Waals surface area (Å²) in [6.45, 7) is 2.32. The smallest absolute Gasteiger partial charge is 0.239 e. The minimum absolute atomic E-state index is 0.0968. The molecule has 0 aliphatic carbocycles. The Morgan fingerprint density at radius 3 is 2.88 bits per heavy atom. The van der Waals surface area contributed by atoms with Crippen LogP contribution in [0.2, 0.25) is 0 Å². The SMILES string of the molecule is CO[C@@H]1CN[C@H](C(=O)N2CCC(c3nnc4ccccn34)CC2)C1. The number of aromatic nitrogens is 3. The third-order valence-corrected chi connectivity index (χ3v) is 5.23. The quantitative estimate of drug-likeness (QED) is 0.902. The summed E-state index contributed by atoms with van der Waals surface area (Å²) in [6.07, 6.45) is 4.79. The number of ether oxygens (including phenoxy) is 1. The highest BCUT2D eigenvalue weighted by Crippen LogP contribution is 2.28. The Labute approximate surface area is 141 Å². The van der Waals surface area contributed by atoms with Crippen molar-refractivity contribution in [2.24, 2.45) is 0 Å². The highest BCUT2D eigenvalue weighted by molar-refractivity contribution is 5.82. The standard InChI is InChI=1S/C17H23N5O2/c1-24-13-10-14(18-11-13)17(23)21-8-5-12(6-9-21)16-20-19-15-4-2-3-7-22(15)16/h2-4,7,12-14,18H,5-6,8-11H2,1H3/t13-,14-/m0/s1. The van der Waals surface area contributed by atoms with Crippen molar-refractivity contribution >= 4 is 11.6 Å². The van der Waals surface area contributed by atoms with Crippen LogP contribution >= 0.6 is 0 Å². The molecule has 1 N–H and O–H groups in total. The van der Waals surface area contributed by atoms with E-state index in [-0.39, 0.29) is 18.1 Å². The van der Waals surface area contributed by atoms with Gasteiger partial charge in [0.1, 0.15) is 5.82 Å². The van der Waals surface area contributed by atoms with Crippen molar-refractivity contribution in [2.45, 2.75) is 37.3 Å². The molecule has 128 valence electrons. The number of hydrogen-bond acceptors (Lipinski definition) is 5. The van der Waals surface area contributed by atoms with Crippen molar-refractivity contribution in [1.82, 2.24) is 24.8 Å². The fourth-order valence-corrected chi connectivity index (χ4v) is 3.79. The van der Waals surface area contributed by atoms with E-state index in [0.29, 0.717) is 5.92 Å². The number of nitrogens with one attached hydrogen (secondary N) is 1. The van der Waals surface area contributed by atoms with E-state index < -0.39 is 0 Å². The van der Waals surface area contributed by atoms with Gasteiger partial charge in [-0.25, -0.2) is 0 Å². The van der Waals surface area contributed by atoms with Crippen LogP contribution in [0.1, 0.15) is 31.0 Å². The van der Waals surface area contributed by atoms with Gasteiger partial charge in [0, 0.05) is 38.9 Å². The van der Waals surface area contributed by atoms with Crippen molar-refractivity contribution in [3.05, 3.63) is 30.2 Å². The molecule has 2 atom stereocenters. The number of nitrogens with zero attached hydrogens (tertiary/aromatic N) is 4. The van der Waals surface area contributed by atoms with Gasteiger partial charge in [-0.3, -0.25) is 9.20 Å². The Hall–Kier alpha value is -1.99. The lowest BCUT2D eigenvalue weighted by atomic mass is 9.95. The van der Waals surface area contributed by atoms with Crippen LogP contribution in [0.3, 0.4) is 0 Å². The summed E-state index contributed by atoms with van der Waals surface area (Å²) in [7, 11) is 1.70. The number of piperidine rings is 1. The molecule has 7 heteroatoms. The summed E-state index contributed by atoms with van der Waals surface area (Å²) in [5.74, 6) is 1.57. The molecule has 0 unspecified atom stereocenters. The summed E-state index contributed by atoms with van der Waals surface area (Å²) in [5, 5.41) is 11.9. The number of pyridine rings is 1. The Kier molecular flexibility index (Phi) is 4.20. The zero-order chi connectivity index (χ0) is 16.5. The summed E-state index contributed by atoms with van der Waals surface area (Å²) in [6, 6.07) is 5.83. The van der Waals surface area contributed by atoms with E-state index in [1.165, 1.54) is 0 Å². The molecule has 4 rings (SSSR count). The van der Waals surface area contributed by atoms with Crippen LogP contribution in [0.4, 0.5) is 0 Å². The van der Waals surface area contributed by atoms with Gasteiger partial charge in [-0.1, -0.05) is 6.07 Å². The van der Waals surface area contributed by atoms with Crippen molar-refractivity contribution in [3.8, 4) is 0 Å². The zero-order valence-electron chi connectivity index (χ0n) is 13.9. The average Bonchev–Trinajstić information content (AvgIpc) is 3.28. The van der Waals surface area contributed by atoms with Crippen molar-refractivity contribution in [1.29, 1.82) is 0 Å². The Bertz CT molecular complexity index is 723. The molecule has 2 aromatic rings. The first kappa shape index (κ1) is 15.5. The molecule has 2 aliphatic rings. The third kappa shape index (κ3) is 2.78. The van der Waals surface area contributed by atoms with Gasteiger partial charge >= 0.3 is 0 Å². The third-order valence-electron chi connectivity index (χ3n) is 5.23. The molecule has 0 bridgehead atoms. The molecular weight excluding hydrogens is 306 g/mol. The highest BCUT2D eigenvalue weighted by Gasteiger charge is 2.34. The molecule has 0 saturated carbocycles. The summed E-state index contributed by atoms with van der Waals surface area (Å²) >= 11 is 0. The molecule has 1 amide bonds. The highest BCUT2D eigenvalue weighted by atomic mass is 16.5. The van der Waals surface area contributed by atoms with E-state index in [1.54, 1.807) is 7.11 Å². The maximum absolute atomic E-state index is 12.6. The molecule has 0 spiro atoms. The van der Waals surface area contributed by atoms with Gasteiger partial charge < -0.3 is 15.0 Å². The Morgan fingerprint density at radius 1 is 1.29 bits per heavy atom. The van der Waals surface area contributed by atoms with Gasteiger partial charge in [-0.15, -0.1) is 10.2 Å². The van der Waals surface area contributed by atoms with Crippen LogP contribution in [-0.4, -0.2) is 64.3 Å². The molecule has 7 nitrogen and oxygen atoms in total. The molecule has 24 heavy (non-hydrogen) atoms. The zero-order valence-corrected chi connectivity index (χ0v) is 13.9. The monoisotopic (exact) mass is 329 g/mol. The number of methoxy groups -OCH3 is 1. The van der Waals surface area contributed by atoms with Crippen LogP contribution in [0.15, 0.2) is 24.4 Å². The minimum atomic E-state index is -0.0968. The van der Waals surface area contributed by atoms with E-state index in [9.17, 15) is 4.79 Å². The second kappa shape index (κ2) is 6.49. The molecule has 2 saturated heterocycles. The lowest BCUT2D eigenvalue weighted by molar-refractivity contribution is -0.134. The van der Waals surface area contributed by atoms with E-state index in [0.717, 1.165) is 50.4 Å². The normalized spacial score (nSPS) is 25.5. The first-order chi connectivity index (χ1) is 11.8. The summed E-state index contributed by atoms with van der Waals surface area (Å²) in [5.41, 5.74) is 0.881. The number of hydrogen-bond donors (Lipinski definition) is 1. The van der Waals surface area contributed by atoms with Gasteiger partial charge in [0.15, 0.2) is 5.65 Å². The van der Waals surface area contributed by atoms with Gasteiger partial charge in [0.2, 0.25) is 5.91 Å². The van der Waals surface area contributed by atoms with Gasteiger partial charge in [0.05, 0.1) is 12.1 Å². The number of likely N-dealkylation sites (tertiary alicyclic amines) is 1. The Morgan fingerprint density at radius 2 is 2.12 bits per heavy atom. The molecule has 0 aromatic carbocycles. The Balaban J connectivity index is 1.39. The number of carbonyl (C=O) groups excluding carboxylic acids is 1. The van der Waals surface area contributed by atoms with E-state index in [1.807, 2.05) is 29.3 Å². The van der Waals surface area contributed by atoms with Gasteiger partial charge in [-0.05, 0) is 31.4 Å². The average molecular weight is 329 g/mol. The van der Waals surface area contributed by atoms with E-state index in [4.69, 9.17) is 4.74 Å². The number of carbonyl (C=O) groups is 1. The van der Waals surface area contributed by atoms with E-state index in [2.05, 4.69) is 19.9 Å². The van der Waals surface area contributed by atoms with Crippen LogP contribution in [0, 0.1) is 0 Å². The molecule has 2 aliphatic heterocycles. The van der Waals surface area contributed by atoms with Crippen molar-refractivity contribution in [3.63, 3.8) is 0 Å². The maximum Gasteiger partial charge on any atom is 0.239 e. The lowest BCUT2D eigenvalue weighted by Gasteiger charge is -2.33. The minimum Gasteiger partial charge on any atom is -0.380 e. The lowest BCUT2D eigenvalue weighted by Crippen LogP contribution is -2.46. The predicted molar refractivity (Wildman–Crippen MR) is 88.7 cm³/mol. The predicted octanol–water partition coefficient (Wildman–Crippen LogP) is 0.812. The van der Waals surface area contributed by atoms with Crippen molar-refractivity contribution in [2.75, 3.05) is 26.7 Å². The first-order valence-corrected chi connectivity index (χ1v) is 8.61. The molecular formula is C17H23N5O2. The second-order valence-electron chi connectivity index (χ2n) is 6.64. The van der Waals surface area contributed by atoms with Crippen LogP contribution in [0.25, 0.3) is 5.65 Å². The largest absolute Gasteiger partial charge is 0.380 e. The topological polar surface area (TPSA) is 71.8 Å². The van der Waals surface area contributed by atoms with Crippen LogP contribution in [-0.2, 0) is 9.53 Å². The molecule has 2 aromatic heterocycles. The number of rotatable bonds is 3. The molecule has 0 radical (unpaired) electrons. The summed E-state index contributed by atoms with van der Waals surface area (Å²) < 4.78 is 7.39. The number of fused-ring (bicyclic) bond motifs is 1. The van der Waals surface area contributed by atoms with Crippen molar-refractivity contribution < 1.29 is 9.53 Å². The van der Waals surface area contributed by atoms with Gasteiger partial charge in [0.25, 0.3) is 0 Å². The fourth-order valence-electron chi connectivity index (χ4n) is 3.79. The second-order valence-corrected chi connectivity index (χ2v) is 6.64. The molecule has 2 fully saturated rings. The van der Waals surface area contributed by atoms with Crippen LogP contribution in [0.5, 0.6) is 0 Å². The van der Waals surface area contributed by atoms with Crippen LogP contribution < -0.4 is 5.32 Å². The fraction of sp³-hybridized carbons (Fsp3) is 0.588.